The number of hydrogen-bond acceptors (Lipinski definition) is 7. The summed E-state index contributed by atoms with van der Waals surface area (Å²) < 4.78 is 10.7. The highest BCUT2D eigenvalue weighted by molar-refractivity contribution is 5.95. The second-order valence-corrected chi connectivity index (χ2v) is 6.70. The topological polar surface area (TPSA) is 99.4 Å². The summed E-state index contributed by atoms with van der Waals surface area (Å²) in [6, 6.07) is 3.31. The number of carbonyl (C=O) groups excluding carboxylic acids is 1. The maximum absolute atomic E-state index is 12.8. The fourth-order valence-electron chi connectivity index (χ4n) is 3.13. The highest BCUT2D eigenvalue weighted by Gasteiger charge is 2.35. The quantitative estimate of drug-likeness (QED) is 0.840. The van der Waals surface area contributed by atoms with Crippen molar-refractivity contribution in [2.75, 3.05) is 26.7 Å². The Labute approximate surface area is 145 Å². The van der Waals surface area contributed by atoms with E-state index in [2.05, 4.69) is 15.0 Å². The molecule has 2 aliphatic rings. The van der Waals surface area contributed by atoms with Gasteiger partial charge in [-0.2, -0.15) is 10.2 Å². The van der Waals surface area contributed by atoms with Crippen LogP contribution >= 0.6 is 0 Å². The van der Waals surface area contributed by atoms with Gasteiger partial charge in [0.25, 0.3) is 5.91 Å². The van der Waals surface area contributed by atoms with Gasteiger partial charge in [-0.3, -0.25) is 9.69 Å². The largest absolute Gasteiger partial charge is 0.450 e. The van der Waals surface area contributed by atoms with E-state index in [0.29, 0.717) is 42.8 Å². The van der Waals surface area contributed by atoms with Crippen LogP contribution in [0.5, 0.6) is 0 Å². The van der Waals surface area contributed by atoms with E-state index in [1.165, 1.54) is 6.07 Å². The molecule has 1 amide bonds. The van der Waals surface area contributed by atoms with Crippen molar-refractivity contribution < 1.29 is 13.7 Å². The summed E-state index contributed by atoms with van der Waals surface area (Å²) in [6.45, 7) is 3.47. The van der Waals surface area contributed by atoms with Gasteiger partial charge in [0.2, 0.25) is 11.7 Å². The third-order valence-electron chi connectivity index (χ3n) is 4.88. The van der Waals surface area contributed by atoms with Crippen LogP contribution in [0.1, 0.15) is 58.4 Å². The molecule has 1 atom stereocenters. The molecule has 2 fully saturated rings. The van der Waals surface area contributed by atoms with E-state index in [-0.39, 0.29) is 17.7 Å². The standard InChI is InChI=1S/C17H19N5O3/c1-10-13(7-12(8-18)24-10)17(23)22-6-5-21(2)14(9-22)16-19-15(20-25-16)11-3-4-11/h7,11,14H,3-6,9H2,1-2H3/t14-/m1/s1. The average molecular weight is 341 g/mol. The van der Waals surface area contributed by atoms with Crippen molar-refractivity contribution >= 4 is 5.91 Å². The molecule has 2 aromatic rings. The fraction of sp³-hybridized carbons (Fsp3) is 0.529. The normalized spacial score (nSPS) is 21.3. The molecule has 1 saturated carbocycles. The lowest BCUT2D eigenvalue weighted by atomic mass is 10.1. The average Bonchev–Trinajstić information content (AvgIpc) is 3.22. The predicted octanol–water partition coefficient (Wildman–Crippen LogP) is 1.85. The van der Waals surface area contributed by atoms with Gasteiger partial charge in [-0.15, -0.1) is 0 Å². The summed E-state index contributed by atoms with van der Waals surface area (Å²) in [5.74, 6) is 2.24. The van der Waals surface area contributed by atoms with Crippen LogP contribution in [-0.4, -0.2) is 52.5 Å². The Morgan fingerprint density at radius 2 is 2.20 bits per heavy atom. The molecule has 4 rings (SSSR count). The molecule has 2 aromatic heterocycles. The Kier molecular flexibility index (Phi) is 3.81. The second kappa shape index (κ2) is 6.01. The van der Waals surface area contributed by atoms with Crippen LogP contribution in [0.4, 0.5) is 0 Å². The smallest absolute Gasteiger partial charge is 0.257 e. The summed E-state index contributed by atoms with van der Waals surface area (Å²) in [5, 5.41) is 13.0. The maximum Gasteiger partial charge on any atom is 0.257 e. The van der Waals surface area contributed by atoms with Crippen LogP contribution in [0.3, 0.4) is 0 Å². The van der Waals surface area contributed by atoms with E-state index in [0.717, 1.165) is 18.7 Å². The third-order valence-corrected chi connectivity index (χ3v) is 4.88. The molecule has 0 spiro atoms. The summed E-state index contributed by atoms with van der Waals surface area (Å²) >= 11 is 0. The van der Waals surface area contributed by atoms with E-state index in [1.807, 2.05) is 13.1 Å². The number of nitrogens with zero attached hydrogens (tertiary/aromatic N) is 5. The third kappa shape index (κ3) is 2.91. The van der Waals surface area contributed by atoms with Gasteiger partial charge in [0.15, 0.2) is 5.82 Å². The number of piperazine rings is 1. The van der Waals surface area contributed by atoms with E-state index in [1.54, 1.807) is 11.8 Å². The van der Waals surface area contributed by atoms with E-state index in [4.69, 9.17) is 14.2 Å². The van der Waals surface area contributed by atoms with Crippen molar-refractivity contribution in [1.82, 2.24) is 19.9 Å². The zero-order valence-corrected chi connectivity index (χ0v) is 14.2. The molecular formula is C17H19N5O3. The first-order valence-electron chi connectivity index (χ1n) is 8.40. The Balaban J connectivity index is 1.53. The lowest BCUT2D eigenvalue weighted by Gasteiger charge is -2.37. The van der Waals surface area contributed by atoms with Crippen molar-refractivity contribution in [3.8, 4) is 6.07 Å². The molecule has 0 bridgehead atoms. The Morgan fingerprint density at radius 3 is 2.88 bits per heavy atom. The first-order valence-corrected chi connectivity index (χ1v) is 8.40. The van der Waals surface area contributed by atoms with Gasteiger partial charge in [0.05, 0.1) is 5.56 Å². The van der Waals surface area contributed by atoms with Gasteiger partial charge in [0, 0.05) is 31.6 Å². The molecule has 8 nitrogen and oxygen atoms in total. The summed E-state index contributed by atoms with van der Waals surface area (Å²) in [4.78, 5) is 21.2. The molecule has 0 aromatic carbocycles. The maximum atomic E-state index is 12.8. The van der Waals surface area contributed by atoms with Crippen molar-refractivity contribution in [3.05, 3.63) is 34.9 Å². The molecule has 1 aliphatic carbocycles. The SMILES string of the molecule is Cc1oc(C#N)cc1C(=O)N1CCN(C)[C@@H](c2nc(C3CC3)no2)C1. The zero-order valence-electron chi connectivity index (χ0n) is 14.2. The van der Waals surface area contributed by atoms with E-state index >= 15 is 0 Å². The van der Waals surface area contributed by atoms with Gasteiger partial charge in [0.1, 0.15) is 17.9 Å². The summed E-state index contributed by atoms with van der Waals surface area (Å²) in [5.41, 5.74) is 0.434. The van der Waals surface area contributed by atoms with Crippen molar-refractivity contribution in [1.29, 1.82) is 5.26 Å². The summed E-state index contributed by atoms with van der Waals surface area (Å²) in [6.07, 6.45) is 2.23. The van der Waals surface area contributed by atoms with E-state index < -0.39 is 0 Å². The molecule has 8 heteroatoms. The van der Waals surface area contributed by atoms with Crippen LogP contribution in [0.15, 0.2) is 15.0 Å². The number of aromatic nitrogens is 2. The molecule has 1 aliphatic heterocycles. The van der Waals surface area contributed by atoms with E-state index in [9.17, 15) is 4.79 Å². The lowest BCUT2D eigenvalue weighted by Crippen LogP contribution is -2.49. The Morgan fingerprint density at radius 1 is 1.40 bits per heavy atom. The van der Waals surface area contributed by atoms with Crippen molar-refractivity contribution in [2.24, 2.45) is 0 Å². The molecule has 25 heavy (non-hydrogen) atoms. The zero-order chi connectivity index (χ0) is 17.6. The number of carbonyl (C=O) groups is 1. The van der Waals surface area contributed by atoms with Crippen LogP contribution < -0.4 is 0 Å². The van der Waals surface area contributed by atoms with Gasteiger partial charge in [-0.25, -0.2) is 0 Å². The number of aryl methyl sites for hydroxylation is 1. The number of furan rings is 1. The number of rotatable bonds is 3. The lowest BCUT2D eigenvalue weighted by molar-refractivity contribution is 0.0487. The van der Waals surface area contributed by atoms with Gasteiger partial charge in [-0.1, -0.05) is 5.16 Å². The predicted molar refractivity (Wildman–Crippen MR) is 85.7 cm³/mol. The van der Waals surface area contributed by atoms with Crippen LogP contribution in [0.2, 0.25) is 0 Å². The number of likely N-dealkylation sites (N-methyl/N-ethyl adjacent to an activating group) is 1. The number of nitriles is 1. The fourth-order valence-corrected chi connectivity index (χ4v) is 3.13. The van der Waals surface area contributed by atoms with Crippen LogP contribution in [0, 0.1) is 18.3 Å². The Hall–Kier alpha value is -2.66. The second-order valence-electron chi connectivity index (χ2n) is 6.70. The first kappa shape index (κ1) is 15.8. The van der Waals surface area contributed by atoms with Crippen molar-refractivity contribution in [2.45, 2.75) is 31.7 Å². The minimum atomic E-state index is -0.136. The van der Waals surface area contributed by atoms with Crippen molar-refractivity contribution in [3.63, 3.8) is 0 Å². The number of amides is 1. The van der Waals surface area contributed by atoms with Crippen LogP contribution in [0.25, 0.3) is 0 Å². The summed E-state index contributed by atoms with van der Waals surface area (Å²) in [7, 11) is 1.99. The highest BCUT2D eigenvalue weighted by Crippen LogP contribution is 2.39. The van der Waals surface area contributed by atoms with Gasteiger partial charge >= 0.3 is 0 Å². The number of hydrogen-bond donors (Lipinski definition) is 0. The first-order chi connectivity index (χ1) is 12.1. The molecule has 0 N–H and O–H groups in total. The van der Waals surface area contributed by atoms with Gasteiger partial charge < -0.3 is 13.8 Å². The molecular weight excluding hydrogens is 322 g/mol. The van der Waals surface area contributed by atoms with Crippen LogP contribution in [-0.2, 0) is 0 Å². The molecule has 0 unspecified atom stereocenters. The molecule has 0 radical (unpaired) electrons. The van der Waals surface area contributed by atoms with Gasteiger partial charge in [-0.05, 0) is 26.8 Å². The highest BCUT2D eigenvalue weighted by atomic mass is 16.5. The monoisotopic (exact) mass is 341 g/mol. The minimum Gasteiger partial charge on any atom is -0.450 e. The minimum absolute atomic E-state index is 0.125. The molecule has 3 heterocycles. The molecule has 130 valence electrons. The molecule has 1 saturated heterocycles. The Bertz CT molecular complexity index is 845.